The maximum Gasteiger partial charge on any atom is 0.150 e. The number of sulfone groups is 1. The van der Waals surface area contributed by atoms with Crippen LogP contribution in [-0.4, -0.2) is 24.5 Å². The summed E-state index contributed by atoms with van der Waals surface area (Å²) in [4.78, 5) is 0. The summed E-state index contributed by atoms with van der Waals surface area (Å²) in [5.74, 6) is 0.448. The van der Waals surface area contributed by atoms with Crippen LogP contribution < -0.4 is 5.73 Å². The van der Waals surface area contributed by atoms with Crippen molar-refractivity contribution in [1.29, 1.82) is 0 Å². The van der Waals surface area contributed by atoms with Crippen LogP contribution in [0, 0.1) is 0 Å². The van der Waals surface area contributed by atoms with Gasteiger partial charge in [0.1, 0.15) is 9.84 Å². The number of nitrogens with zero attached hydrogens (tertiary/aromatic N) is 1. The van der Waals surface area contributed by atoms with Crippen LogP contribution in [-0.2, 0) is 22.9 Å². The van der Waals surface area contributed by atoms with Crippen LogP contribution in [0.3, 0.4) is 0 Å². The molecule has 0 radical (unpaired) electrons. The molecule has 4 nitrogen and oxygen atoms in total. The summed E-state index contributed by atoms with van der Waals surface area (Å²) < 4.78 is 25.1. The molecular formula is C14H20N2O2S. The number of hydrogen-bond acceptors (Lipinski definition) is 3. The first-order valence-electron chi connectivity index (χ1n) is 6.55. The summed E-state index contributed by atoms with van der Waals surface area (Å²) in [6, 6.07) is 10.1. The van der Waals surface area contributed by atoms with Crippen LogP contribution in [0.2, 0.25) is 0 Å². The van der Waals surface area contributed by atoms with Crippen molar-refractivity contribution in [3.05, 3.63) is 36.0 Å². The largest absolute Gasteiger partial charge is 0.343 e. The number of benzene rings is 1. The predicted octanol–water partition coefficient (Wildman–Crippen LogP) is 1.92. The number of nitrogens with two attached hydrogens (primary N) is 1. The Balaban J connectivity index is 2.20. The first-order chi connectivity index (χ1) is 9.07. The van der Waals surface area contributed by atoms with Gasteiger partial charge in [-0.15, -0.1) is 0 Å². The molecule has 2 N–H and O–H groups in total. The molecule has 0 amide bonds. The topological polar surface area (TPSA) is 65.1 Å². The first kappa shape index (κ1) is 14.1. The highest BCUT2D eigenvalue weighted by Gasteiger charge is 2.10. The minimum atomic E-state index is -2.89. The molecule has 104 valence electrons. The van der Waals surface area contributed by atoms with Crippen molar-refractivity contribution >= 4 is 20.7 Å². The lowest BCUT2D eigenvalue weighted by atomic mass is 10.2. The van der Waals surface area contributed by atoms with Crippen molar-refractivity contribution in [1.82, 2.24) is 4.57 Å². The van der Waals surface area contributed by atoms with Crippen LogP contribution in [0.5, 0.6) is 0 Å². The molecule has 0 fully saturated rings. The number of hydrogen-bond donors (Lipinski definition) is 1. The highest BCUT2D eigenvalue weighted by Crippen LogP contribution is 2.20. The lowest BCUT2D eigenvalue weighted by Crippen LogP contribution is -2.13. The predicted molar refractivity (Wildman–Crippen MR) is 78.8 cm³/mol. The van der Waals surface area contributed by atoms with Gasteiger partial charge in [0.25, 0.3) is 0 Å². The van der Waals surface area contributed by atoms with E-state index in [1.54, 1.807) is 6.92 Å². The second-order valence-electron chi connectivity index (χ2n) is 4.64. The van der Waals surface area contributed by atoms with Crippen molar-refractivity contribution in [3.63, 3.8) is 0 Å². The molecular weight excluding hydrogens is 260 g/mol. The maximum atomic E-state index is 11.5. The van der Waals surface area contributed by atoms with Gasteiger partial charge in [-0.2, -0.15) is 0 Å². The van der Waals surface area contributed by atoms with Crippen LogP contribution in [0.1, 0.15) is 19.0 Å². The summed E-state index contributed by atoms with van der Waals surface area (Å²) in [5, 5.41) is 1.15. The van der Waals surface area contributed by atoms with Gasteiger partial charge in [0.2, 0.25) is 0 Å². The average molecular weight is 280 g/mol. The fraction of sp³-hybridized carbons (Fsp3) is 0.429. The molecule has 0 bridgehead atoms. The van der Waals surface area contributed by atoms with Crippen molar-refractivity contribution < 1.29 is 8.42 Å². The Hall–Kier alpha value is -1.33. The highest BCUT2D eigenvalue weighted by molar-refractivity contribution is 7.91. The summed E-state index contributed by atoms with van der Waals surface area (Å²) in [7, 11) is -2.89. The third-order valence-electron chi connectivity index (χ3n) is 3.38. The van der Waals surface area contributed by atoms with Gasteiger partial charge in [0, 0.05) is 30.1 Å². The molecule has 0 saturated heterocycles. The zero-order valence-electron chi connectivity index (χ0n) is 11.2. The smallest absolute Gasteiger partial charge is 0.150 e. The van der Waals surface area contributed by atoms with Gasteiger partial charge in [-0.3, -0.25) is 0 Å². The van der Waals surface area contributed by atoms with Crippen molar-refractivity contribution in [2.24, 2.45) is 5.73 Å². The first-order valence-corrected chi connectivity index (χ1v) is 8.37. The Bertz CT molecular complexity index is 659. The van der Waals surface area contributed by atoms with Crippen molar-refractivity contribution in [3.8, 4) is 0 Å². The van der Waals surface area contributed by atoms with E-state index in [0.717, 1.165) is 16.6 Å². The number of fused-ring (bicyclic) bond motifs is 1. The van der Waals surface area contributed by atoms with Crippen molar-refractivity contribution in [2.45, 2.75) is 26.4 Å². The lowest BCUT2D eigenvalue weighted by molar-refractivity contribution is 0.587. The maximum absolute atomic E-state index is 11.5. The normalized spacial score (nSPS) is 12.1. The Labute approximate surface area is 114 Å². The molecule has 19 heavy (non-hydrogen) atoms. The quantitative estimate of drug-likeness (QED) is 0.879. The summed E-state index contributed by atoms with van der Waals surface area (Å²) in [5.41, 5.74) is 7.93. The highest BCUT2D eigenvalue weighted by atomic mass is 32.2. The Morgan fingerprint density at radius 1 is 1.26 bits per heavy atom. The summed E-state index contributed by atoms with van der Waals surface area (Å²) in [6.45, 7) is 2.85. The monoisotopic (exact) mass is 280 g/mol. The second kappa shape index (κ2) is 5.75. The summed E-state index contributed by atoms with van der Waals surface area (Å²) in [6.07, 6.45) is 0.627. The molecule has 0 aliphatic heterocycles. The number of aryl methyl sites for hydroxylation is 1. The Morgan fingerprint density at radius 3 is 2.68 bits per heavy atom. The van der Waals surface area contributed by atoms with Crippen LogP contribution >= 0.6 is 0 Å². The molecule has 0 saturated carbocycles. The van der Waals surface area contributed by atoms with E-state index in [1.807, 2.05) is 24.3 Å². The van der Waals surface area contributed by atoms with Crippen LogP contribution in [0.25, 0.3) is 10.9 Å². The zero-order valence-corrected chi connectivity index (χ0v) is 12.0. The Kier molecular flexibility index (Phi) is 4.27. The van der Waals surface area contributed by atoms with Crippen LogP contribution in [0.15, 0.2) is 30.3 Å². The third kappa shape index (κ3) is 3.16. The molecule has 1 heterocycles. The van der Waals surface area contributed by atoms with Crippen molar-refractivity contribution in [2.75, 3.05) is 11.5 Å². The molecule has 5 heteroatoms. The molecule has 0 aliphatic rings. The third-order valence-corrected chi connectivity index (χ3v) is 5.17. The minimum Gasteiger partial charge on any atom is -0.343 e. The molecule has 0 unspecified atom stereocenters. The van der Waals surface area contributed by atoms with Gasteiger partial charge in [0.15, 0.2) is 0 Å². The van der Waals surface area contributed by atoms with E-state index < -0.39 is 9.84 Å². The molecule has 0 spiro atoms. The fourth-order valence-electron chi connectivity index (χ4n) is 2.29. The average Bonchev–Trinajstić information content (AvgIpc) is 2.77. The van der Waals surface area contributed by atoms with Gasteiger partial charge in [-0.05, 0) is 23.9 Å². The van der Waals surface area contributed by atoms with E-state index in [1.165, 1.54) is 0 Å². The van der Waals surface area contributed by atoms with Crippen LogP contribution in [0.4, 0.5) is 0 Å². The van der Waals surface area contributed by atoms with E-state index in [9.17, 15) is 8.42 Å². The molecule has 1 aromatic carbocycles. The second-order valence-corrected chi connectivity index (χ2v) is 7.11. The molecule has 0 atom stereocenters. The number of rotatable bonds is 6. The van der Waals surface area contributed by atoms with Gasteiger partial charge in [-0.25, -0.2) is 8.42 Å². The van der Waals surface area contributed by atoms with Gasteiger partial charge in [-0.1, -0.05) is 25.1 Å². The minimum absolute atomic E-state index is 0.211. The van der Waals surface area contributed by atoms with Gasteiger partial charge in [0.05, 0.1) is 5.75 Å². The molecule has 2 aromatic rings. The summed E-state index contributed by atoms with van der Waals surface area (Å²) >= 11 is 0. The standard InChI is InChI=1S/C14H20N2O2S/c1-2-19(17,18)9-5-8-16-13(11-15)10-12-6-3-4-7-14(12)16/h3-4,6-7,10H,2,5,8-9,11,15H2,1H3. The number of para-hydroxylation sites is 1. The van der Waals surface area contributed by atoms with Gasteiger partial charge >= 0.3 is 0 Å². The number of aromatic nitrogens is 1. The van der Waals surface area contributed by atoms with E-state index in [0.29, 0.717) is 19.5 Å². The van der Waals surface area contributed by atoms with E-state index in [2.05, 4.69) is 10.6 Å². The molecule has 2 rings (SSSR count). The van der Waals surface area contributed by atoms with E-state index in [4.69, 9.17) is 5.73 Å². The molecule has 1 aromatic heterocycles. The Morgan fingerprint density at radius 2 is 2.00 bits per heavy atom. The van der Waals surface area contributed by atoms with E-state index in [-0.39, 0.29) is 11.5 Å². The van der Waals surface area contributed by atoms with Gasteiger partial charge < -0.3 is 10.3 Å². The lowest BCUT2D eigenvalue weighted by Gasteiger charge is -2.09. The molecule has 0 aliphatic carbocycles. The zero-order chi connectivity index (χ0) is 13.9. The van der Waals surface area contributed by atoms with E-state index >= 15 is 0 Å². The fourth-order valence-corrected chi connectivity index (χ4v) is 3.15. The SMILES string of the molecule is CCS(=O)(=O)CCCn1c(CN)cc2ccccc21.